The summed E-state index contributed by atoms with van der Waals surface area (Å²) in [5.41, 5.74) is -0.338. The van der Waals surface area contributed by atoms with Crippen LogP contribution in [0.4, 0.5) is 0 Å². The van der Waals surface area contributed by atoms with Gasteiger partial charge in [0, 0.05) is 6.61 Å². The third-order valence-electron chi connectivity index (χ3n) is 4.24. The van der Waals surface area contributed by atoms with Crippen LogP contribution in [0.1, 0.15) is 44.9 Å². The van der Waals surface area contributed by atoms with Gasteiger partial charge in [0.1, 0.15) is 0 Å². The number of carbonyl (C=O) groups excluding carboxylic acids is 1. The second-order valence-corrected chi connectivity index (χ2v) is 8.31. The quantitative estimate of drug-likeness (QED) is 0.638. The Morgan fingerprint density at radius 3 is 2.70 bits per heavy atom. The largest absolute Gasteiger partial charge is 0.469 e. The molecule has 5 nitrogen and oxygen atoms in total. The minimum atomic E-state index is -3.09. The van der Waals surface area contributed by atoms with Crippen LogP contribution in [-0.4, -0.2) is 45.7 Å². The molecule has 1 saturated carbocycles. The fourth-order valence-electron chi connectivity index (χ4n) is 2.87. The van der Waals surface area contributed by atoms with Crippen molar-refractivity contribution in [2.45, 2.75) is 51.0 Å². The molecule has 2 aliphatic rings. The molecule has 0 spiro atoms. The summed E-state index contributed by atoms with van der Waals surface area (Å²) in [4.78, 5) is 11.3. The summed E-state index contributed by atoms with van der Waals surface area (Å²) in [6.07, 6.45) is 5.71. The Morgan fingerprint density at radius 1 is 1.40 bits per heavy atom. The Labute approximate surface area is 120 Å². The van der Waals surface area contributed by atoms with Gasteiger partial charge in [-0.05, 0) is 43.9 Å². The second kappa shape index (κ2) is 6.43. The summed E-state index contributed by atoms with van der Waals surface area (Å²) in [5.74, 6) is 0.0215. The molecule has 1 saturated heterocycles. The van der Waals surface area contributed by atoms with Crippen LogP contribution < -0.4 is 0 Å². The lowest BCUT2D eigenvalue weighted by Crippen LogP contribution is -2.23. The molecular formula is C14H24O5S. The summed E-state index contributed by atoms with van der Waals surface area (Å²) in [6, 6.07) is 0. The molecule has 1 atom stereocenters. The molecule has 0 radical (unpaired) electrons. The summed E-state index contributed by atoms with van der Waals surface area (Å²) in [6.45, 7) is 0.805. The Kier molecular flexibility index (Phi) is 5.07. The lowest BCUT2D eigenvalue weighted by atomic mass is 10.1. The number of ether oxygens (including phenoxy) is 2. The predicted molar refractivity (Wildman–Crippen MR) is 75.2 cm³/mol. The predicted octanol–water partition coefficient (Wildman–Crippen LogP) is 1.70. The van der Waals surface area contributed by atoms with Gasteiger partial charge in [0.2, 0.25) is 0 Å². The molecule has 2 fully saturated rings. The Bertz CT molecular complexity index is 432. The maximum Gasteiger partial charge on any atom is 0.306 e. The van der Waals surface area contributed by atoms with Crippen LogP contribution in [0.5, 0.6) is 0 Å². The number of sulfone groups is 1. The molecule has 1 heterocycles. The van der Waals surface area contributed by atoms with Crippen LogP contribution in [0.2, 0.25) is 0 Å². The van der Waals surface area contributed by atoms with Crippen LogP contribution in [0, 0.1) is 5.41 Å². The van der Waals surface area contributed by atoms with Crippen molar-refractivity contribution in [1.29, 1.82) is 0 Å². The normalized spacial score (nSPS) is 24.6. The van der Waals surface area contributed by atoms with Crippen molar-refractivity contribution in [3.05, 3.63) is 0 Å². The van der Waals surface area contributed by atoms with Crippen molar-refractivity contribution in [2.24, 2.45) is 5.41 Å². The SMILES string of the molecule is COC(=O)CC1(CS(=O)(=O)CCCC2CCCO2)CC1. The van der Waals surface area contributed by atoms with Gasteiger partial charge in [-0.1, -0.05) is 0 Å². The third kappa shape index (κ3) is 4.74. The standard InChI is InChI=1S/C14H24O5S/c1-18-13(15)10-14(6-7-14)11-20(16,17)9-3-5-12-4-2-8-19-12/h12H,2-11H2,1H3. The maximum atomic E-state index is 12.1. The molecule has 0 N–H and O–H groups in total. The van der Waals surface area contributed by atoms with E-state index in [1.54, 1.807) is 0 Å². The van der Waals surface area contributed by atoms with Gasteiger partial charge in [0.15, 0.2) is 9.84 Å². The molecule has 116 valence electrons. The zero-order valence-electron chi connectivity index (χ0n) is 12.1. The van der Waals surface area contributed by atoms with Crippen LogP contribution in [0.3, 0.4) is 0 Å². The van der Waals surface area contributed by atoms with Crippen LogP contribution in [-0.2, 0) is 24.1 Å². The van der Waals surface area contributed by atoms with Crippen LogP contribution in [0.15, 0.2) is 0 Å². The van der Waals surface area contributed by atoms with E-state index in [1.165, 1.54) is 7.11 Å². The first-order valence-electron chi connectivity index (χ1n) is 7.34. The molecule has 20 heavy (non-hydrogen) atoms. The molecule has 1 unspecified atom stereocenters. The Morgan fingerprint density at radius 2 is 2.15 bits per heavy atom. The highest BCUT2D eigenvalue weighted by atomic mass is 32.2. The zero-order chi connectivity index (χ0) is 14.6. The van der Waals surface area contributed by atoms with E-state index in [0.29, 0.717) is 6.42 Å². The Balaban J connectivity index is 1.74. The summed E-state index contributed by atoms with van der Waals surface area (Å²) in [5, 5.41) is 0. The van der Waals surface area contributed by atoms with Crippen molar-refractivity contribution in [1.82, 2.24) is 0 Å². The van der Waals surface area contributed by atoms with Crippen molar-refractivity contribution in [2.75, 3.05) is 25.2 Å². The van der Waals surface area contributed by atoms with Gasteiger partial charge in [0.25, 0.3) is 0 Å². The number of methoxy groups -OCH3 is 1. The third-order valence-corrected chi connectivity index (χ3v) is 6.20. The molecule has 0 aromatic rings. The van der Waals surface area contributed by atoms with E-state index < -0.39 is 9.84 Å². The monoisotopic (exact) mass is 304 g/mol. The van der Waals surface area contributed by atoms with Gasteiger partial charge in [-0.15, -0.1) is 0 Å². The van der Waals surface area contributed by atoms with Gasteiger partial charge < -0.3 is 9.47 Å². The highest BCUT2D eigenvalue weighted by Crippen LogP contribution is 2.50. The van der Waals surface area contributed by atoms with Crippen LogP contribution >= 0.6 is 0 Å². The number of hydrogen-bond donors (Lipinski definition) is 0. The van der Waals surface area contributed by atoms with Gasteiger partial charge in [-0.25, -0.2) is 8.42 Å². The lowest BCUT2D eigenvalue weighted by Gasteiger charge is -2.14. The first-order valence-corrected chi connectivity index (χ1v) is 9.16. The molecule has 0 bridgehead atoms. The molecule has 0 amide bonds. The number of carbonyl (C=O) groups is 1. The fraction of sp³-hybridized carbons (Fsp3) is 0.929. The van der Waals surface area contributed by atoms with E-state index in [4.69, 9.17) is 4.74 Å². The minimum absolute atomic E-state index is 0.126. The van der Waals surface area contributed by atoms with Crippen molar-refractivity contribution < 1.29 is 22.7 Å². The molecule has 0 aromatic heterocycles. The summed E-state index contributed by atoms with van der Waals surface area (Å²) >= 11 is 0. The van der Waals surface area contributed by atoms with E-state index in [-0.39, 0.29) is 35.4 Å². The fourth-order valence-corrected chi connectivity index (χ4v) is 4.94. The van der Waals surface area contributed by atoms with E-state index in [1.807, 2.05) is 0 Å². The molecule has 1 aliphatic heterocycles. The lowest BCUT2D eigenvalue weighted by molar-refractivity contribution is -0.141. The molecule has 0 aromatic carbocycles. The highest BCUT2D eigenvalue weighted by molar-refractivity contribution is 7.91. The molecular weight excluding hydrogens is 280 g/mol. The van der Waals surface area contributed by atoms with E-state index in [9.17, 15) is 13.2 Å². The van der Waals surface area contributed by atoms with E-state index in [0.717, 1.165) is 38.7 Å². The van der Waals surface area contributed by atoms with Gasteiger partial charge >= 0.3 is 5.97 Å². The highest BCUT2D eigenvalue weighted by Gasteiger charge is 2.47. The first-order chi connectivity index (χ1) is 9.45. The first kappa shape index (κ1) is 15.8. The second-order valence-electron chi connectivity index (χ2n) is 6.12. The number of rotatable bonds is 8. The average Bonchev–Trinajstić information content (AvgIpc) is 2.91. The zero-order valence-corrected chi connectivity index (χ0v) is 12.9. The Hall–Kier alpha value is -0.620. The molecule has 2 rings (SSSR count). The number of hydrogen-bond acceptors (Lipinski definition) is 5. The van der Waals surface area contributed by atoms with E-state index >= 15 is 0 Å². The molecule has 6 heteroatoms. The van der Waals surface area contributed by atoms with Crippen LogP contribution in [0.25, 0.3) is 0 Å². The van der Waals surface area contributed by atoms with Gasteiger partial charge in [0.05, 0.1) is 31.1 Å². The van der Waals surface area contributed by atoms with Gasteiger partial charge in [-0.3, -0.25) is 4.79 Å². The van der Waals surface area contributed by atoms with Crippen molar-refractivity contribution >= 4 is 15.8 Å². The van der Waals surface area contributed by atoms with Crippen molar-refractivity contribution in [3.8, 4) is 0 Å². The smallest absolute Gasteiger partial charge is 0.306 e. The van der Waals surface area contributed by atoms with Gasteiger partial charge in [-0.2, -0.15) is 0 Å². The average molecular weight is 304 g/mol. The summed E-state index contributed by atoms with van der Waals surface area (Å²) < 4.78 is 34.4. The topological polar surface area (TPSA) is 69.7 Å². The van der Waals surface area contributed by atoms with E-state index in [2.05, 4.69) is 4.74 Å². The summed E-state index contributed by atoms with van der Waals surface area (Å²) in [7, 11) is -1.74. The van der Waals surface area contributed by atoms with Crippen molar-refractivity contribution in [3.63, 3.8) is 0 Å². The molecule has 1 aliphatic carbocycles. The minimum Gasteiger partial charge on any atom is -0.469 e. The number of esters is 1. The maximum absolute atomic E-state index is 12.1.